The highest BCUT2D eigenvalue weighted by atomic mass is 127. The number of rotatable bonds is 5. The Morgan fingerprint density at radius 1 is 1.23 bits per heavy atom. The third kappa shape index (κ3) is 4.25. The Morgan fingerprint density at radius 3 is 2.57 bits per heavy atom. The molecule has 1 saturated heterocycles. The van der Waals surface area contributed by atoms with E-state index in [4.69, 9.17) is 14.7 Å². The summed E-state index contributed by atoms with van der Waals surface area (Å²) in [6.07, 6.45) is 1.30. The van der Waals surface area contributed by atoms with Crippen LogP contribution < -0.4 is 19.7 Å². The van der Waals surface area contributed by atoms with Gasteiger partial charge in [0, 0.05) is 0 Å². The van der Waals surface area contributed by atoms with Gasteiger partial charge in [-0.25, -0.2) is 14.1 Å². The number of methoxy groups -OCH3 is 1. The van der Waals surface area contributed by atoms with E-state index in [2.05, 4.69) is 5.32 Å². The minimum atomic E-state index is -0.929. The lowest BCUT2D eigenvalue weighted by Crippen LogP contribution is -2.54. The van der Waals surface area contributed by atoms with E-state index >= 15 is 0 Å². The van der Waals surface area contributed by atoms with E-state index in [9.17, 15) is 18.8 Å². The van der Waals surface area contributed by atoms with Crippen molar-refractivity contribution in [2.24, 2.45) is 0 Å². The second-order valence-corrected chi connectivity index (χ2v) is 7.08. The third-order valence-corrected chi connectivity index (χ3v) is 4.83. The summed E-state index contributed by atoms with van der Waals surface area (Å²) in [4.78, 5) is 38.1. The summed E-state index contributed by atoms with van der Waals surface area (Å²) in [7, 11) is 1.41. The molecule has 0 radical (unpaired) electrons. The van der Waals surface area contributed by atoms with Gasteiger partial charge in [-0.15, -0.1) is 0 Å². The molecule has 0 atom stereocenters. The second kappa shape index (κ2) is 8.91. The van der Waals surface area contributed by atoms with Crippen molar-refractivity contribution in [1.29, 1.82) is 5.26 Å². The maximum absolute atomic E-state index is 13.2. The van der Waals surface area contributed by atoms with E-state index in [1.165, 1.54) is 31.4 Å². The number of barbiturate groups is 1. The first-order valence-electron chi connectivity index (χ1n) is 8.40. The second-order valence-electron chi connectivity index (χ2n) is 5.92. The number of carbonyl (C=O) groups excluding carboxylic acids is 3. The minimum absolute atomic E-state index is 0.115. The molecule has 0 aliphatic carbocycles. The number of ether oxygens (including phenoxy) is 2. The number of hydrogen-bond donors (Lipinski definition) is 1. The molecule has 30 heavy (non-hydrogen) atoms. The monoisotopic (exact) mass is 521 g/mol. The maximum Gasteiger partial charge on any atom is 0.335 e. The molecular formula is C20H13FIN3O5. The summed E-state index contributed by atoms with van der Waals surface area (Å²) < 4.78 is 24.4. The molecule has 1 aliphatic rings. The Kier molecular flexibility index (Phi) is 6.31. The molecule has 8 nitrogen and oxygen atoms in total. The van der Waals surface area contributed by atoms with E-state index in [-0.39, 0.29) is 17.9 Å². The zero-order chi connectivity index (χ0) is 21.8. The van der Waals surface area contributed by atoms with Crippen LogP contribution in [0.3, 0.4) is 0 Å². The number of halogens is 2. The van der Waals surface area contributed by atoms with E-state index in [0.717, 1.165) is 17.0 Å². The molecule has 10 heteroatoms. The molecule has 1 aliphatic heterocycles. The largest absolute Gasteiger partial charge is 0.493 e. The smallest absolute Gasteiger partial charge is 0.335 e. The van der Waals surface area contributed by atoms with Crippen LogP contribution in [0.2, 0.25) is 0 Å². The molecular weight excluding hydrogens is 508 g/mol. The summed E-state index contributed by atoms with van der Waals surface area (Å²) in [6.45, 7) is -0.178. The number of nitrogens with zero attached hydrogens (tertiary/aromatic N) is 2. The average Bonchev–Trinajstić information content (AvgIpc) is 2.71. The van der Waals surface area contributed by atoms with Crippen LogP contribution in [0.5, 0.6) is 11.5 Å². The minimum Gasteiger partial charge on any atom is -0.493 e. The molecule has 0 spiro atoms. The number of carbonyl (C=O) groups is 3. The molecule has 1 heterocycles. The van der Waals surface area contributed by atoms with Gasteiger partial charge in [-0.3, -0.25) is 14.9 Å². The quantitative estimate of drug-likeness (QED) is 0.368. The molecule has 4 amide bonds. The molecule has 1 N–H and O–H groups in total. The van der Waals surface area contributed by atoms with Crippen molar-refractivity contribution in [2.75, 3.05) is 18.6 Å². The number of hydrogen-bond acceptors (Lipinski definition) is 6. The van der Waals surface area contributed by atoms with Gasteiger partial charge >= 0.3 is 6.03 Å². The van der Waals surface area contributed by atoms with Crippen molar-refractivity contribution in [1.82, 2.24) is 5.32 Å². The fraction of sp³-hybridized carbons (Fsp3) is 0.100. The van der Waals surface area contributed by atoms with Gasteiger partial charge in [-0.2, -0.15) is 5.26 Å². The lowest BCUT2D eigenvalue weighted by molar-refractivity contribution is -0.122. The number of amides is 4. The highest BCUT2D eigenvalue weighted by Gasteiger charge is 2.36. The van der Waals surface area contributed by atoms with Gasteiger partial charge in [0.25, 0.3) is 11.8 Å². The van der Waals surface area contributed by atoms with Crippen LogP contribution in [0.25, 0.3) is 6.08 Å². The third-order valence-electron chi connectivity index (χ3n) is 4.03. The molecule has 1 fully saturated rings. The van der Waals surface area contributed by atoms with Crippen molar-refractivity contribution in [3.8, 4) is 17.6 Å². The predicted molar refractivity (Wildman–Crippen MR) is 112 cm³/mol. The van der Waals surface area contributed by atoms with Crippen LogP contribution in [-0.2, 0) is 9.59 Å². The molecule has 0 saturated carbocycles. The first-order valence-corrected chi connectivity index (χ1v) is 9.48. The number of nitriles is 1. The Morgan fingerprint density at radius 2 is 1.93 bits per heavy atom. The van der Waals surface area contributed by atoms with Gasteiger partial charge in [0.15, 0.2) is 18.1 Å². The SMILES string of the molecule is COc1cc(/C=C2\C(=O)NC(=O)N(c3ccc(F)cc3)C2=O)cc(I)c1OCC#N. The number of benzene rings is 2. The van der Waals surface area contributed by atoms with Crippen molar-refractivity contribution in [3.63, 3.8) is 0 Å². The highest BCUT2D eigenvalue weighted by molar-refractivity contribution is 14.1. The number of urea groups is 1. The van der Waals surface area contributed by atoms with Gasteiger partial charge < -0.3 is 9.47 Å². The van der Waals surface area contributed by atoms with Gasteiger partial charge in [-0.1, -0.05) is 0 Å². The lowest BCUT2D eigenvalue weighted by Gasteiger charge is -2.26. The van der Waals surface area contributed by atoms with Crippen LogP contribution in [-0.4, -0.2) is 31.6 Å². The lowest BCUT2D eigenvalue weighted by atomic mass is 10.1. The molecule has 152 valence electrons. The van der Waals surface area contributed by atoms with Gasteiger partial charge in [-0.05, 0) is 70.6 Å². The van der Waals surface area contributed by atoms with Crippen molar-refractivity contribution in [3.05, 3.63) is 56.9 Å². The molecule has 0 bridgehead atoms. The summed E-state index contributed by atoms with van der Waals surface area (Å²) in [6, 6.07) is 8.80. The fourth-order valence-corrected chi connectivity index (χ4v) is 3.50. The molecule has 2 aromatic carbocycles. The van der Waals surface area contributed by atoms with E-state index in [0.29, 0.717) is 20.6 Å². The average molecular weight is 521 g/mol. The van der Waals surface area contributed by atoms with Crippen LogP contribution >= 0.6 is 22.6 Å². The Bertz CT molecular complexity index is 1110. The topological polar surface area (TPSA) is 109 Å². The Labute approximate surface area is 184 Å². The summed E-state index contributed by atoms with van der Waals surface area (Å²) in [5.74, 6) is -1.59. The van der Waals surface area contributed by atoms with Crippen molar-refractivity contribution >= 4 is 52.2 Å². The summed E-state index contributed by atoms with van der Waals surface area (Å²) >= 11 is 1.97. The molecule has 0 aromatic heterocycles. The van der Waals surface area contributed by atoms with E-state index < -0.39 is 23.7 Å². The van der Waals surface area contributed by atoms with Crippen LogP contribution in [0.15, 0.2) is 42.0 Å². The number of nitrogens with one attached hydrogen (secondary N) is 1. The normalized spacial score (nSPS) is 15.1. The van der Waals surface area contributed by atoms with Crippen LogP contribution in [0, 0.1) is 20.7 Å². The highest BCUT2D eigenvalue weighted by Crippen LogP contribution is 2.35. The van der Waals surface area contributed by atoms with Gasteiger partial charge in [0.05, 0.1) is 16.4 Å². The number of imide groups is 2. The first-order chi connectivity index (χ1) is 14.3. The standard InChI is InChI=1S/C20H13FIN3O5/c1-29-16-10-11(9-15(22)17(16)30-7-6-23)8-14-18(26)24-20(28)25(19(14)27)13-4-2-12(21)3-5-13/h2-5,8-10H,7H2,1H3,(H,24,26,28)/b14-8+. The summed E-state index contributed by atoms with van der Waals surface area (Å²) in [5.41, 5.74) is 0.264. The molecule has 3 rings (SSSR count). The van der Waals surface area contributed by atoms with Gasteiger partial charge in [0.2, 0.25) is 0 Å². The first kappa shape index (κ1) is 21.3. The van der Waals surface area contributed by atoms with E-state index in [1.54, 1.807) is 6.07 Å². The van der Waals surface area contributed by atoms with Gasteiger partial charge in [0.1, 0.15) is 17.5 Å². The summed E-state index contributed by atoms with van der Waals surface area (Å²) in [5, 5.41) is 10.8. The van der Waals surface area contributed by atoms with Crippen molar-refractivity contribution < 1.29 is 28.2 Å². The fourth-order valence-electron chi connectivity index (χ4n) is 2.72. The Hall–Kier alpha value is -3.46. The molecule has 2 aromatic rings. The number of anilines is 1. The zero-order valence-corrected chi connectivity index (χ0v) is 17.6. The van der Waals surface area contributed by atoms with E-state index in [1.807, 2.05) is 28.7 Å². The van der Waals surface area contributed by atoms with Crippen molar-refractivity contribution in [2.45, 2.75) is 0 Å². The van der Waals surface area contributed by atoms with Crippen LogP contribution in [0.1, 0.15) is 5.56 Å². The molecule has 0 unspecified atom stereocenters. The predicted octanol–water partition coefficient (Wildman–Crippen LogP) is 3.01. The Balaban J connectivity index is 2.01. The van der Waals surface area contributed by atoms with Crippen LogP contribution in [0.4, 0.5) is 14.9 Å². The maximum atomic E-state index is 13.2. The zero-order valence-electron chi connectivity index (χ0n) is 15.4.